The summed E-state index contributed by atoms with van der Waals surface area (Å²) in [7, 11) is -3.94. The monoisotopic (exact) mass is 532 g/mol. The number of carbonyl (C=O) groups is 1. The Hall–Kier alpha value is -0.416. The summed E-state index contributed by atoms with van der Waals surface area (Å²) in [5.74, 6) is 9.49. The van der Waals surface area contributed by atoms with Crippen LogP contribution in [0.3, 0.4) is 0 Å². The first-order valence-electron chi connectivity index (χ1n) is 14.8. The predicted octanol–water partition coefficient (Wildman–Crippen LogP) is 8.60. The number of carbonyl (C=O) groups excluding carboxylic acids is 1. The van der Waals surface area contributed by atoms with Crippen LogP contribution in [0.4, 0.5) is 0 Å². The molecular weight excluding hydrogens is 477 g/mol. The van der Waals surface area contributed by atoms with Crippen molar-refractivity contribution in [3.05, 3.63) is 0 Å². The van der Waals surface area contributed by atoms with Gasteiger partial charge in [0.1, 0.15) is 11.4 Å². The fourth-order valence-corrected chi connectivity index (χ4v) is 8.98. The lowest BCUT2D eigenvalue weighted by Crippen LogP contribution is -2.58. The van der Waals surface area contributed by atoms with E-state index < -0.39 is 22.2 Å². The van der Waals surface area contributed by atoms with E-state index in [9.17, 15) is 4.79 Å². The van der Waals surface area contributed by atoms with E-state index in [1.165, 1.54) is 19.3 Å². The summed E-state index contributed by atoms with van der Waals surface area (Å²) in [6, 6.07) is 0. The fraction of sp³-hybridized carbons (Fsp3) is 0.903. The van der Waals surface area contributed by atoms with Gasteiger partial charge in [-0.25, -0.2) is 0 Å². The van der Waals surface area contributed by atoms with Crippen molar-refractivity contribution in [1.29, 1.82) is 0 Å². The molecule has 0 aromatic heterocycles. The van der Waals surface area contributed by atoms with Crippen molar-refractivity contribution in [3.8, 4) is 11.8 Å². The van der Waals surface area contributed by atoms with Crippen molar-refractivity contribution in [2.75, 3.05) is 0 Å². The summed E-state index contributed by atoms with van der Waals surface area (Å²) in [4.78, 5) is 13.0. The minimum Gasteiger partial charge on any atom is -0.413 e. The van der Waals surface area contributed by atoms with E-state index in [-0.39, 0.29) is 33.9 Å². The van der Waals surface area contributed by atoms with Gasteiger partial charge in [0, 0.05) is 17.8 Å². The molecule has 0 aromatic carbocycles. The molecule has 0 spiro atoms. The molecule has 3 nitrogen and oxygen atoms in total. The molecule has 0 bridgehead atoms. The zero-order valence-corrected chi connectivity index (χ0v) is 27.6. The zero-order valence-electron chi connectivity index (χ0n) is 25.6. The normalized spacial score (nSPS) is 31.4. The molecule has 3 aliphatic carbocycles. The highest BCUT2D eigenvalue weighted by Gasteiger charge is 2.57. The van der Waals surface area contributed by atoms with Crippen molar-refractivity contribution < 1.29 is 13.6 Å². The topological polar surface area (TPSA) is 35.5 Å². The maximum atomic E-state index is 13.0. The van der Waals surface area contributed by atoms with Gasteiger partial charge >= 0.3 is 0 Å². The molecule has 3 rings (SSSR count). The third kappa shape index (κ3) is 5.77. The molecule has 0 aromatic rings. The zero-order chi connectivity index (χ0) is 27.3. The van der Waals surface area contributed by atoms with Gasteiger partial charge in [-0.2, -0.15) is 0 Å². The van der Waals surface area contributed by atoms with Crippen molar-refractivity contribution in [1.82, 2.24) is 0 Å². The van der Waals surface area contributed by atoms with Crippen LogP contribution >= 0.6 is 0 Å². The highest BCUT2D eigenvalue weighted by atomic mass is 28.4. The number of fused-ring (bicyclic) bond motifs is 1. The molecule has 6 atom stereocenters. The molecular formula is C31H56O3Si2. The lowest BCUT2D eigenvalue weighted by Gasteiger charge is -2.53. The van der Waals surface area contributed by atoms with Crippen molar-refractivity contribution >= 4 is 22.4 Å². The number of Topliss-reactive ketones (excluding diaryl/α,β-unsaturated/α-hetero) is 1. The van der Waals surface area contributed by atoms with Crippen LogP contribution < -0.4 is 0 Å². The maximum absolute atomic E-state index is 13.0. The quantitative estimate of drug-likeness (QED) is 0.243. The molecule has 0 N–H and O–H groups in total. The van der Waals surface area contributed by atoms with Crippen LogP contribution in [0.5, 0.6) is 0 Å². The van der Waals surface area contributed by atoms with Gasteiger partial charge in [-0.15, -0.1) is 0 Å². The Morgan fingerprint density at radius 2 is 1.47 bits per heavy atom. The van der Waals surface area contributed by atoms with Gasteiger partial charge in [0.25, 0.3) is 0 Å². The first kappa shape index (κ1) is 30.1. The van der Waals surface area contributed by atoms with Gasteiger partial charge in [0.15, 0.2) is 16.6 Å². The summed E-state index contributed by atoms with van der Waals surface area (Å²) < 4.78 is 14.2. The predicted molar refractivity (Wildman–Crippen MR) is 157 cm³/mol. The van der Waals surface area contributed by atoms with Crippen LogP contribution in [0.25, 0.3) is 0 Å². The second-order valence-electron chi connectivity index (χ2n) is 15.4. The van der Waals surface area contributed by atoms with Crippen LogP contribution in [0, 0.1) is 41.4 Å². The van der Waals surface area contributed by atoms with Crippen LogP contribution in [-0.2, 0) is 13.6 Å². The third-order valence-corrected chi connectivity index (χ3v) is 19.8. The first-order valence-corrected chi connectivity index (χ1v) is 20.6. The van der Waals surface area contributed by atoms with Crippen molar-refractivity contribution in [2.45, 2.75) is 148 Å². The smallest absolute Gasteiger partial charge is 0.194 e. The second kappa shape index (κ2) is 10.3. The van der Waals surface area contributed by atoms with Crippen LogP contribution in [0.1, 0.15) is 100 Å². The lowest BCUT2D eigenvalue weighted by molar-refractivity contribution is -0.153. The Kier molecular flexibility index (Phi) is 8.61. The highest BCUT2D eigenvalue weighted by molar-refractivity contribution is 6.74. The van der Waals surface area contributed by atoms with Crippen LogP contribution in [-0.4, -0.2) is 34.1 Å². The Morgan fingerprint density at radius 3 is 1.94 bits per heavy atom. The number of rotatable bonds is 7. The molecule has 3 saturated carbocycles. The minimum absolute atomic E-state index is 0.130. The second-order valence-corrected chi connectivity index (χ2v) is 24.8. The van der Waals surface area contributed by atoms with E-state index in [0.717, 1.165) is 25.7 Å². The van der Waals surface area contributed by atoms with Gasteiger partial charge in [-0.3, -0.25) is 4.79 Å². The summed E-state index contributed by atoms with van der Waals surface area (Å²) in [6.07, 6.45) is 7.80. The van der Waals surface area contributed by atoms with E-state index in [1.54, 1.807) is 0 Å². The van der Waals surface area contributed by atoms with E-state index in [1.807, 2.05) is 0 Å². The Balaban J connectivity index is 1.99. The van der Waals surface area contributed by atoms with Gasteiger partial charge < -0.3 is 8.85 Å². The molecule has 0 amide bonds. The van der Waals surface area contributed by atoms with E-state index in [4.69, 9.17) is 8.85 Å². The van der Waals surface area contributed by atoms with Crippen molar-refractivity contribution in [2.24, 2.45) is 29.6 Å². The summed E-state index contributed by atoms with van der Waals surface area (Å²) in [6.45, 7) is 27.8. The van der Waals surface area contributed by atoms with Crippen LogP contribution in [0.2, 0.25) is 36.3 Å². The average Bonchev–Trinajstić information content (AvgIpc) is 2.66. The van der Waals surface area contributed by atoms with Gasteiger partial charge in [-0.05, 0) is 87.1 Å². The first-order chi connectivity index (χ1) is 16.3. The van der Waals surface area contributed by atoms with Gasteiger partial charge in [-0.1, -0.05) is 73.1 Å². The standard InChI is InChI=1S/C31H56O3Si2/c1-13-15-24-27-23(26(19-18-25(27)28(24)32)33-35(9,10)29(2,3)4)20-21-31(8,22-16-14-17-22)34-36(11,12)30(5,6)7/h22-27H,13-19H2,1-12H3/t23-,24?,25-,26+,27-,31+/m0/s1. The van der Waals surface area contributed by atoms with E-state index in [0.29, 0.717) is 17.6 Å². The molecule has 36 heavy (non-hydrogen) atoms. The average molecular weight is 533 g/mol. The Bertz CT molecular complexity index is 865. The van der Waals surface area contributed by atoms with Crippen molar-refractivity contribution in [3.63, 3.8) is 0 Å². The van der Waals surface area contributed by atoms with Gasteiger partial charge in [0.2, 0.25) is 0 Å². The van der Waals surface area contributed by atoms with E-state index in [2.05, 4.69) is 93.4 Å². The fourth-order valence-electron chi connectivity index (χ4n) is 6.02. The molecule has 5 heteroatoms. The molecule has 0 saturated heterocycles. The van der Waals surface area contributed by atoms with Gasteiger partial charge in [0.05, 0.1) is 6.10 Å². The maximum Gasteiger partial charge on any atom is 0.194 e. The SMILES string of the molecule is CCCC1C(=O)[C@H]2CC[C@@H](O[Si](C)(C)C(C)(C)C)[C@H](C#C[C@@](C)(O[Si](C)(C)C(C)(C)C)C3CCC3)[C@@H]12. The summed E-state index contributed by atoms with van der Waals surface area (Å²) in [5, 5.41) is 0.308. The molecule has 0 aliphatic heterocycles. The number of hydrogen-bond donors (Lipinski definition) is 0. The Labute approximate surface area is 225 Å². The number of hydrogen-bond acceptors (Lipinski definition) is 3. The van der Waals surface area contributed by atoms with E-state index >= 15 is 0 Å². The lowest BCUT2D eigenvalue weighted by atomic mass is 9.52. The molecule has 1 unspecified atom stereocenters. The molecule has 0 radical (unpaired) electrons. The summed E-state index contributed by atoms with van der Waals surface area (Å²) >= 11 is 0. The van der Waals surface area contributed by atoms with Crippen LogP contribution in [0.15, 0.2) is 0 Å². The Morgan fingerprint density at radius 1 is 0.889 bits per heavy atom. The molecule has 3 fully saturated rings. The molecule has 3 aliphatic rings. The molecule has 0 heterocycles. The molecule has 206 valence electrons. The third-order valence-electron chi connectivity index (χ3n) is 10.7. The largest absolute Gasteiger partial charge is 0.413 e. The summed E-state index contributed by atoms with van der Waals surface area (Å²) in [5.41, 5.74) is -0.413. The number of ketones is 1. The highest BCUT2D eigenvalue weighted by Crippen LogP contribution is 2.53. The minimum atomic E-state index is -1.99.